The summed E-state index contributed by atoms with van der Waals surface area (Å²) in [5.74, 6) is -0.801. The van der Waals surface area contributed by atoms with Crippen molar-refractivity contribution in [2.75, 3.05) is 0 Å². The zero-order valence-electron chi connectivity index (χ0n) is 13.3. The molecule has 2 heterocycles. The zero-order chi connectivity index (χ0) is 18.4. The average molecular weight is 386 g/mol. The second-order valence-electron chi connectivity index (χ2n) is 5.97. The van der Waals surface area contributed by atoms with Gasteiger partial charge >= 0.3 is 0 Å². The first-order valence-electron chi connectivity index (χ1n) is 7.86. The van der Waals surface area contributed by atoms with Crippen molar-refractivity contribution in [3.05, 3.63) is 73.7 Å². The molecule has 7 heteroatoms. The maximum atomic E-state index is 12.7. The quantitative estimate of drug-likeness (QED) is 0.679. The topological polar surface area (TPSA) is 75.0 Å². The monoisotopic (exact) mass is 385 g/mol. The van der Waals surface area contributed by atoms with Crippen LogP contribution in [0.2, 0.25) is 10.0 Å². The third-order valence-corrected chi connectivity index (χ3v) is 5.23. The number of fused-ring (bicyclic) bond motifs is 2. The number of hydrogen-bond donors (Lipinski definition) is 0. The van der Waals surface area contributed by atoms with E-state index in [0.29, 0.717) is 39.7 Å². The number of aromatic carboxylic acids is 1. The van der Waals surface area contributed by atoms with Crippen molar-refractivity contribution in [1.29, 1.82) is 0 Å². The lowest BCUT2D eigenvalue weighted by Crippen LogP contribution is -2.23. The van der Waals surface area contributed by atoms with Crippen molar-refractivity contribution < 1.29 is 9.90 Å². The van der Waals surface area contributed by atoms with Crippen LogP contribution in [-0.2, 0) is 6.54 Å². The summed E-state index contributed by atoms with van der Waals surface area (Å²) < 4.78 is 1.59. The van der Waals surface area contributed by atoms with Gasteiger partial charge < -0.3 is 9.90 Å². The van der Waals surface area contributed by atoms with Crippen molar-refractivity contribution in [3.8, 4) is 0 Å². The van der Waals surface area contributed by atoms with Crippen LogP contribution in [0.4, 0.5) is 0 Å². The van der Waals surface area contributed by atoms with Gasteiger partial charge in [0.05, 0.1) is 26.9 Å². The molecule has 0 saturated carbocycles. The van der Waals surface area contributed by atoms with E-state index in [0.717, 1.165) is 11.1 Å². The number of carboxylic acids is 1. The first kappa shape index (κ1) is 16.8. The minimum atomic E-state index is -1.31. The average Bonchev–Trinajstić information content (AvgIpc) is 3.01. The number of rotatable bonds is 2. The smallest absolute Gasteiger partial charge is 0.261 e. The van der Waals surface area contributed by atoms with Gasteiger partial charge in [0.25, 0.3) is 5.56 Å². The predicted octanol–water partition coefficient (Wildman–Crippen LogP) is 3.01. The first-order chi connectivity index (χ1) is 12.5. The third-order valence-electron chi connectivity index (χ3n) is 4.39. The third kappa shape index (κ3) is 2.69. The van der Waals surface area contributed by atoms with Gasteiger partial charge in [-0.2, -0.15) is 0 Å². The molecule has 0 aliphatic carbocycles. The van der Waals surface area contributed by atoms with E-state index in [2.05, 4.69) is 4.98 Å². The van der Waals surface area contributed by atoms with E-state index in [1.54, 1.807) is 16.7 Å². The fourth-order valence-corrected chi connectivity index (χ4v) is 3.46. The SMILES string of the molecule is O=C([O-])c1ccc2c(=O)n3c(nc2c1)/C(=C/c1cccc(Cl)c1Cl)CC3. The number of nitrogens with zero attached hydrogens (tertiary/aromatic N) is 2. The molecule has 4 rings (SSSR count). The predicted molar refractivity (Wildman–Crippen MR) is 99.3 cm³/mol. The van der Waals surface area contributed by atoms with Gasteiger partial charge in [-0.05, 0) is 47.4 Å². The Labute approximate surface area is 158 Å². The van der Waals surface area contributed by atoms with Crippen LogP contribution in [0.3, 0.4) is 0 Å². The highest BCUT2D eigenvalue weighted by Crippen LogP contribution is 2.32. The second kappa shape index (κ2) is 6.27. The second-order valence-corrected chi connectivity index (χ2v) is 6.76. The first-order valence-corrected chi connectivity index (χ1v) is 8.62. The molecule has 1 aliphatic heterocycles. The van der Waals surface area contributed by atoms with Crippen LogP contribution < -0.4 is 10.7 Å². The summed E-state index contributed by atoms with van der Waals surface area (Å²) in [5, 5.41) is 12.3. The highest BCUT2D eigenvalue weighted by atomic mass is 35.5. The summed E-state index contributed by atoms with van der Waals surface area (Å²) in [6, 6.07) is 9.50. The van der Waals surface area contributed by atoms with Crippen LogP contribution in [0.15, 0.2) is 41.2 Å². The largest absolute Gasteiger partial charge is 0.545 e. The molecule has 0 fully saturated rings. The van der Waals surface area contributed by atoms with E-state index in [1.807, 2.05) is 12.1 Å². The van der Waals surface area contributed by atoms with Crippen LogP contribution >= 0.6 is 23.2 Å². The number of benzene rings is 2. The standard InChI is InChI=1S/C19H12Cl2N2O3/c20-14-3-1-2-10(16(14)21)8-11-6-7-23-17(11)22-15-9-12(19(25)26)4-5-13(15)18(23)24/h1-5,8-9H,6-7H2,(H,25,26)/p-1/b11-8+. The summed E-state index contributed by atoms with van der Waals surface area (Å²) >= 11 is 12.3. The minimum Gasteiger partial charge on any atom is -0.545 e. The summed E-state index contributed by atoms with van der Waals surface area (Å²) in [6.07, 6.45) is 2.47. The highest BCUT2D eigenvalue weighted by molar-refractivity contribution is 6.43. The Morgan fingerprint density at radius 2 is 2.04 bits per heavy atom. The van der Waals surface area contributed by atoms with Gasteiger partial charge in [0.2, 0.25) is 0 Å². The minimum absolute atomic E-state index is 0.0178. The molecule has 0 saturated heterocycles. The van der Waals surface area contributed by atoms with E-state index in [9.17, 15) is 14.7 Å². The number of halogens is 2. The molecule has 1 aliphatic rings. The van der Waals surface area contributed by atoms with E-state index in [4.69, 9.17) is 23.2 Å². The van der Waals surface area contributed by atoms with Crippen LogP contribution in [0.1, 0.15) is 28.2 Å². The van der Waals surface area contributed by atoms with Crippen molar-refractivity contribution in [3.63, 3.8) is 0 Å². The van der Waals surface area contributed by atoms with E-state index in [-0.39, 0.29) is 11.1 Å². The molecular formula is C19H11Cl2N2O3-. The van der Waals surface area contributed by atoms with Crippen molar-refractivity contribution in [1.82, 2.24) is 9.55 Å². The van der Waals surface area contributed by atoms with E-state index >= 15 is 0 Å². The Kier molecular flexibility index (Phi) is 4.05. The molecule has 1 aromatic heterocycles. The van der Waals surface area contributed by atoms with Gasteiger partial charge in [-0.3, -0.25) is 9.36 Å². The van der Waals surface area contributed by atoms with Crippen LogP contribution in [0.5, 0.6) is 0 Å². The summed E-state index contributed by atoms with van der Waals surface area (Å²) in [6.45, 7) is 0.503. The van der Waals surface area contributed by atoms with Crippen LogP contribution in [-0.4, -0.2) is 15.5 Å². The molecule has 2 aromatic carbocycles. The maximum absolute atomic E-state index is 12.7. The molecule has 5 nitrogen and oxygen atoms in total. The number of carbonyl (C=O) groups excluding carboxylic acids is 1. The van der Waals surface area contributed by atoms with Gasteiger partial charge in [-0.25, -0.2) is 4.98 Å². The lowest BCUT2D eigenvalue weighted by Gasteiger charge is -2.08. The Bertz CT molecular complexity index is 1170. The molecule has 3 aromatic rings. The molecule has 0 bridgehead atoms. The number of hydrogen-bond acceptors (Lipinski definition) is 4. The van der Waals surface area contributed by atoms with Gasteiger partial charge in [0.1, 0.15) is 5.82 Å². The Morgan fingerprint density at radius 3 is 2.81 bits per heavy atom. The van der Waals surface area contributed by atoms with Crippen molar-refractivity contribution in [2.45, 2.75) is 13.0 Å². The molecule has 0 spiro atoms. The maximum Gasteiger partial charge on any atom is 0.261 e. The number of carbonyl (C=O) groups is 1. The van der Waals surface area contributed by atoms with Crippen molar-refractivity contribution >= 4 is 51.7 Å². The molecule has 0 N–H and O–H groups in total. The number of aromatic nitrogens is 2. The Hall–Kier alpha value is -2.63. The number of allylic oxidation sites excluding steroid dienone is 1. The van der Waals surface area contributed by atoms with Gasteiger partial charge in [0, 0.05) is 6.54 Å². The van der Waals surface area contributed by atoms with Crippen LogP contribution in [0, 0.1) is 0 Å². The molecular weight excluding hydrogens is 375 g/mol. The molecule has 0 amide bonds. The fraction of sp³-hybridized carbons (Fsp3) is 0.105. The molecule has 26 heavy (non-hydrogen) atoms. The van der Waals surface area contributed by atoms with E-state index in [1.165, 1.54) is 18.2 Å². The summed E-state index contributed by atoms with van der Waals surface area (Å²) in [7, 11) is 0. The molecule has 130 valence electrons. The van der Waals surface area contributed by atoms with Crippen LogP contribution in [0.25, 0.3) is 22.6 Å². The normalized spacial score (nSPS) is 14.8. The van der Waals surface area contributed by atoms with Gasteiger partial charge in [-0.15, -0.1) is 0 Å². The molecule has 0 unspecified atom stereocenters. The van der Waals surface area contributed by atoms with Gasteiger partial charge in [-0.1, -0.05) is 41.4 Å². The Balaban J connectivity index is 1.92. The number of carboxylic acid groups (broad SMARTS) is 1. The summed E-state index contributed by atoms with van der Waals surface area (Å²) in [5.41, 5.74) is 1.69. The molecule has 0 atom stereocenters. The van der Waals surface area contributed by atoms with E-state index < -0.39 is 5.97 Å². The zero-order valence-corrected chi connectivity index (χ0v) is 14.8. The van der Waals surface area contributed by atoms with Gasteiger partial charge in [0.15, 0.2) is 0 Å². The highest BCUT2D eigenvalue weighted by Gasteiger charge is 2.21. The fourth-order valence-electron chi connectivity index (χ4n) is 3.10. The summed E-state index contributed by atoms with van der Waals surface area (Å²) in [4.78, 5) is 28.3. The lowest BCUT2D eigenvalue weighted by atomic mass is 10.1. The molecule has 0 radical (unpaired) electrons. The lowest BCUT2D eigenvalue weighted by molar-refractivity contribution is -0.255. The van der Waals surface area contributed by atoms with Crippen molar-refractivity contribution in [2.24, 2.45) is 0 Å². The Morgan fingerprint density at radius 1 is 1.23 bits per heavy atom.